The molecule has 0 radical (unpaired) electrons. The summed E-state index contributed by atoms with van der Waals surface area (Å²) in [5, 5.41) is 3.07. The summed E-state index contributed by atoms with van der Waals surface area (Å²) in [6, 6.07) is 9.74. The van der Waals surface area contributed by atoms with Crippen molar-refractivity contribution < 1.29 is 14.3 Å². The summed E-state index contributed by atoms with van der Waals surface area (Å²) < 4.78 is 10.6. The van der Waals surface area contributed by atoms with E-state index >= 15 is 0 Å². The minimum absolute atomic E-state index is 0.0763. The lowest BCUT2D eigenvalue weighted by atomic mass is 9.97. The maximum atomic E-state index is 13.0. The zero-order valence-electron chi connectivity index (χ0n) is 15.5. The first-order valence-corrected chi connectivity index (χ1v) is 9.25. The Hall–Kier alpha value is -2.12. The van der Waals surface area contributed by atoms with Gasteiger partial charge in [-0.1, -0.05) is 30.3 Å². The van der Waals surface area contributed by atoms with Gasteiger partial charge in [0.2, 0.25) is 5.91 Å². The number of carbonyl (C=O) groups is 1. The molecule has 0 aliphatic carbocycles. The van der Waals surface area contributed by atoms with Crippen molar-refractivity contribution in [3.63, 3.8) is 0 Å². The van der Waals surface area contributed by atoms with E-state index < -0.39 is 0 Å². The van der Waals surface area contributed by atoms with Gasteiger partial charge >= 0.3 is 0 Å². The van der Waals surface area contributed by atoms with E-state index in [0.717, 1.165) is 12.0 Å². The molecule has 0 saturated carbocycles. The number of nitrogens with zero attached hydrogens (tertiary/aromatic N) is 2. The second-order valence-electron chi connectivity index (χ2n) is 6.10. The van der Waals surface area contributed by atoms with Crippen LogP contribution in [0.5, 0.6) is 0 Å². The highest BCUT2D eigenvalue weighted by molar-refractivity contribution is 5.85. The molecule has 3 N–H and O–H groups in total. The van der Waals surface area contributed by atoms with Crippen LogP contribution in [-0.4, -0.2) is 69.4 Å². The third kappa shape index (κ3) is 6.65. The SMILES string of the molecule is CCOCCCNC(N)=NCC(C(=O)N1CCOCC1)c1ccccc1. The fraction of sp³-hybridized carbons (Fsp3) is 0.579. The van der Waals surface area contributed by atoms with Gasteiger partial charge in [-0.15, -0.1) is 0 Å². The molecular weight excluding hydrogens is 332 g/mol. The summed E-state index contributed by atoms with van der Waals surface area (Å²) in [5.74, 6) is 0.0997. The van der Waals surface area contributed by atoms with Gasteiger partial charge in [0.25, 0.3) is 0 Å². The molecule has 1 aliphatic rings. The average molecular weight is 362 g/mol. The molecule has 1 saturated heterocycles. The molecule has 0 bridgehead atoms. The predicted molar refractivity (Wildman–Crippen MR) is 102 cm³/mol. The Balaban J connectivity index is 1.95. The number of amides is 1. The van der Waals surface area contributed by atoms with Crippen molar-refractivity contribution in [1.82, 2.24) is 10.2 Å². The summed E-state index contributed by atoms with van der Waals surface area (Å²) >= 11 is 0. The fourth-order valence-corrected chi connectivity index (χ4v) is 2.80. The van der Waals surface area contributed by atoms with Crippen LogP contribution in [0.25, 0.3) is 0 Å². The van der Waals surface area contributed by atoms with Gasteiger partial charge in [0.05, 0.1) is 25.7 Å². The van der Waals surface area contributed by atoms with E-state index in [2.05, 4.69) is 10.3 Å². The van der Waals surface area contributed by atoms with Crippen LogP contribution < -0.4 is 11.1 Å². The highest BCUT2D eigenvalue weighted by atomic mass is 16.5. The van der Waals surface area contributed by atoms with E-state index in [1.807, 2.05) is 42.2 Å². The predicted octanol–water partition coefficient (Wildman–Crippen LogP) is 0.960. The Kier molecular flexibility index (Phi) is 8.92. The molecule has 1 unspecified atom stereocenters. The third-order valence-electron chi connectivity index (χ3n) is 4.24. The van der Waals surface area contributed by atoms with Crippen molar-refractivity contribution in [2.24, 2.45) is 10.7 Å². The third-order valence-corrected chi connectivity index (χ3v) is 4.24. The monoisotopic (exact) mass is 362 g/mol. The Labute approximate surface area is 155 Å². The van der Waals surface area contributed by atoms with E-state index in [4.69, 9.17) is 15.2 Å². The largest absolute Gasteiger partial charge is 0.382 e. The van der Waals surface area contributed by atoms with Gasteiger partial charge in [0, 0.05) is 32.8 Å². The van der Waals surface area contributed by atoms with Crippen LogP contribution in [0, 0.1) is 0 Å². The molecule has 1 aliphatic heterocycles. The van der Waals surface area contributed by atoms with Crippen molar-refractivity contribution in [3.8, 4) is 0 Å². The van der Waals surface area contributed by atoms with E-state index in [1.54, 1.807) is 0 Å². The summed E-state index contributed by atoms with van der Waals surface area (Å²) in [7, 11) is 0. The number of morpholine rings is 1. The van der Waals surface area contributed by atoms with Crippen LogP contribution in [0.3, 0.4) is 0 Å². The minimum Gasteiger partial charge on any atom is -0.382 e. The number of nitrogens with one attached hydrogen (secondary N) is 1. The molecule has 0 aromatic heterocycles. The molecule has 26 heavy (non-hydrogen) atoms. The average Bonchev–Trinajstić information content (AvgIpc) is 2.69. The Morgan fingerprint density at radius 3 is 2.77 bits per heavy atom. The Bertz CT molecular complexity index is 559. The smallest absolute Gasteiger partial charge is 0.232 e. The molecule has 0 spiro atoms. The lowest BCUT2D eigenvalue weighted by molar-refractivity contribution is -0.136. The lowest BCUT2D eigenvalue weighted by Gasteiger charge is -2.30. The topological polar surface area (TPSA) is 89.2 Å². The Morgan fingerprint density at radius 1 is 1.35 bits per heavy atom. The molecule has 1 fully saturated rings. The number of ether oxygens (including phenoxy) is 2. The number of hydrogen-bond donors (Lipinski definition) is 2. The van der Waals surface area contributed by atoms with Crippen LogP contribution in [0.2, 0.25) is 0 Å². The molecule has 1 aromatic rings. The van der Waals surface area contributed by atoms with Crippen LogP contribution in [0.15, 0.2) is 35.3 Å². The number of benzene rings is 1. The number of hydrogen-bond acceptors (Lipinski definition) is 4. The van der Waals surface area contributed by atoms with Crippen LogP contribution in [0.4, 0.5) is 0 Å². The van der Waals surface area contributed by atoms with Crippen molar-refractivity contribution in [2.75, 3.05) is 52.6 Å². The number of guanidine groups is 1. The Morgan fingerprint density at radius 2 is 2.08 bits per heavy atom. The minimum atomic E-state index is -0.335. The molecular formula is C19H30N4O3. The maximum absolute atomic E-state index is 13.0. The molecule has 1 heterocycles. The summed E-state index contributed by atoms with van der Waals surface area (Å²) in [4.78, 5) is 19.2. The summed E-state index contributed by atoms with van der Waals surface area (Å²) in [6.45, 7) is 6.81. The number of carbonyl (C=O) groups excluding carboxylic acids is 1. The zero-order chi connectivity index (χ0) is 18.6. The van der Waals surface area contributed by atoms with E-state index in [9.17, 15) is 4.79 Å². The molecule has 1 atom stereocenters. The van der Waals surface area contributed by atoms with Crippen molar-refractivity contribution in [2.45, 2.75) is 19.3 Å². The van der Waals surface area contributed by atoms with Gasteiger partial charge in [-0.3, -0.25) is 9.79 Å². The van der Waals surface area contributed by atoms with Gasteiger partial charge in [0.15, 0.2) is 5.96 Å². The van der Waals surface area contributed by atoms with Crippen LogP contribution in [-0.2, 0) is 14.3 Å². The molecule has 144 valence electrons. The van der Waals surface area contributed by atoms with Gasteiger partial charge in [-0.25, -0.2) is 0 Å². The second kappa shape index (κ2) is 11.5. The quantitative estimate of drug-likeness (QED) is 0.388. The van der Waals surface area contributed by atoms with E-state index in [1.165, 1.54) is 0 Å². The lowest BCUT2D eigenvalue weighted by Crippen LogP contribution is -2.44. The van der Waals surface area contributed by atoms with Crippen LogP contribution in [0.1, 0.15) is 24.8 Å². The van der Waals surface area contributed by atoms with Gasteiger partial charge in [-0.2, -0.15) is 0 Å². The molecule has 1 aromatic carbocycles. The maximum Gasteiger partial charge on any atom is 0.232 e. The first kappa shape index (κ1) is 20.2. The fourth-order valence-electron chi connectivity index (χ4n) is 2.80. The van der Waals surface area contributed by atoms with Crippen molar-refractivity contribution in [3.05, 3.63) is 35.9 Å². The standard InChI is InChI=1S/C19H30N4O3/c1-2-25-12-6-9-21-19(20)22-15-17(16-7-4-3-5-8-16)18(24)23-10-13-26-14-11-23/h3-5,7-8,17H,2,6,9-15H2,1H3,(H3,20,21,22). The van der Waals surface area contributed by atoms with Gasteiger partial charge < -0.3 is 25.4 Å². The van der Waals surface area contributed by atoms with E-state index in [-0.39, 0.29) is 11.8 Å². The van der Waals surface area contributed by atoms with Crippen LogP contribution >= 0.6 is 0 Å². The highest BCUT2D eigenvalue weighted by Crippen LogP contribution is 2.20. The van der Waals surface area contributed by atoms with Gasteiger partial charge in [0.1, 0.15) is 0 Å². The molecule has 7 heteroatoms. The summed E-state index contributed by atoms with van der Waals surface area (Å²) in [6.07, 6.45) is 0.860. The van der Waals surface area contributed by atoms with E-state index in [0.29, 0.717) is 58.6 Å². The highest BCUT2D eigenvalue weighted by Gasteiger charge is 2.27. The number of rotatable bonds is 9. The summed E-state index contributed by atoms with van der Waals surface area (Å²) in [5.41, 5.74) is 6.90. The normalized spacial score (nSPS) is 16.3. The zero-order valence-corrected chi connectivity index (χ0v) is 15.5. The first-order valence-electron chi connectivity index (χ1n) is 9.25. The van der Waals surface area contributed by atoms with Gasteiger partial charge in [-0.05, 0) is 18.9 Å². The molecule has 1 amide bonds. The molecule has 2 rings (SSSR count). The van der Waals surface area contributed by atoms with Crippen molar-refractivity contribution >= 4 is 11.9 Å². The molecule has 7 nitrogen and oxygen atoms in total. The van der Waals surface area contributed by atoms with Crippen molar-refractivity contribution in [1.29, 1.82) is 0 Å². The number of nitrogens with two attached hydrogens (primary N) is 1. The second-order valence-corrected chi connectivity index (χ2v) is 6.10. The number of aliphatic imine (C=N–C) groups is 1. The first-order chi connectivity index (χ1) is 12.7.